The van der Waals surface area contributed by atoms with Crippen LogP contribution in [0.15, 0.2) is 42.5 Å². The summed E-state index contributed by atoms with van der Waals surface area (Å²) in [5.41, 5.74) is 2.94. The lowest BCUT2D eigenvalue weighted by Crippen LogP contribution is -2.22. The Morgan fingerprint density at radius 2 is 1.83 bits per heavy atom. The highest BCUT2D eigenvalue weighted by atomic mass is 28.3. The van der Waals surface area contributed by atoms with Crippen LogP contribution in [0.3, 0.4) is 0 Å². The van der Waals surface area contributed by atoms with Crippen molar-refractivity contribution in [2.45, 2.75) is 57.2 Å². The van der Waals surface area contributed by atoms with E-state index in [9.17, 15) is 4.39 Å². The minimum absolute atomic E-state index is 0.192. The molecule has 0 unspecified atom stereocenters. The third kappa shape index (κ3) is 6.68. The molecule has 4 heteroatoms. The first-order valence-electron chi connectivity index (χ1n) is 11.0. The van der Waals surface area contributed by atoms with Gasteiger partial charge >= 0.3 is 0 Å². The van der Waals surface area contributed by atoms with Crippen molar-refractivity contribution in [3.63, 3.8) is 0 Å². The molecule has 0 N–H and O–H groups in total. The molecule has 0 spiro atoms. The van der Waals surface area contributed by atoms with Gasteiger partial charge in [-0.25, -0.2) is 4.39 Å². The fourth-order valence-corrected chi connectivity index (χ4v) is 7.32. The zero-order chi connectivity index (χ0) is 20.5. The van der Waals surface area contributed by atoms with Gasteiger partial charge in [0, 0.05) is 34.1 Å². The Labute approximate surface area is 177 Å². The van der Waals surface area contributed by atoms with Crippen LogP contribution in [0.5, 0.6) is 5.75 Å². The van der Waals surface area contributed by atoms with E-state index >= 15 is 0 Å². The summed E-state index contributed by atoms with van der Waals surface area (Å²) in [7, 11) is 1.60. The van der Waals surface area contributed by atoms with Crippen LogP contribution in [0.1, 0.15) is 38.2 Å². The molecule has 157 valence electrons. The summed E-state index contributed by atoms with van der Waals surface area (Å²) in [6, 6.07) is 17.9. The molecule has 2 aromatic carbocycles. The van der Waals surface area contributed by atoms with Crippen LogP contribution in [0.25, 0.3) is 11.1 Å². The van der Waals surface area contributed by atoms with Gasteiger partial charge in [0.15, 0.2) is 0 Å². The van der Waals surface area contributed by atoms with Gasteiger partial charge < -0.3 is 9.47 Å². The largest absolute Gasteiger partial charge is 0.494 e. The molecule has 0 amide bonds. The number of rotatable bonds is 10. The molecule has 1 aliphatic rings. The van der Waals surface area contributed by atoms with E-state index in [1.165, 1.54) is 55.4 Å². The van der Waals surface area contributed by atoms with Crippen molar-refractivity contribution in [1.29, 1.82) is 0 Å². The molecule has 3 rings (SSSR count). The second-order valence-electron chi connectivity index (χ2n) is 8.10. The van der Waals surface area contributed by atoms with Crippen LogP contribution < -0.4 is 4.74 Å². The maximum atomic E-state index is 14.4. The first-order chi connectivity index (χ1) is 14.2. The summed E-state index contributed by atoms with van der Waals surface area (Å²) in [6.45, 7) is 3.36. The maximum absolute atomic E-state index is 14.4. The molecule has 1 fully saturated rings. The number of halogens is 1. The lowest BCUT2D eigenvalue weighted by Gasteiger charge is -2.27. The molecule has 1 saturated heterocycles. The Kier molecular flexibility index (Phi) is 8.75. The second-order valence-corrected chi connectivity index (χ2v) is 11.1. The number of aryl methyl sites for hydroxylation is 1. The van der Waals surface area contributed by atoms with Crippen LogP contribution in [-0.4, -0.2) is 29.1 Å². The summed E-state index contributed by atoms with van der Waals surface area (Å²) in [5.74, 6) is 1.29. The van der Waals surface area contributed by atoms with Gasteiger partial charge in [-0.1, -0.05) is 55.2 Å². The first kappa shape index (κ1) is 22.0. The Bertz CT molecular complexity index is 739. The van der Waals surface area contributed by atoms with Gasteiger partial charge in [0.1, 0.15) is 11.6 Å². The number of hydrogen-bond acceptors (Lipinski definition) is 2. The van der Waals surface area contributed by atoms with Crippen molar-refractivity contribution >= 4 is 8.80 Å². The van der Waals surface area contributed by atoms with Crippen LogP contribution in [-0.2, 0) is 11.2 Å². The molecular weight excluding hydrogens is 379 g/mol. The fraction of sp³-hybridized carbons (Fsp3) is 0.520. The van der Waals surface area contributed by atoms with E-state index in [0.29, 0.717) is 17.9 Å². The van der Waals surface area contributed by atoms with E-state index in [1.54, 1.807) is 7.11 Å². The first-order valence-corrected chi connectivity index (χ1v) is 13.2. The fourth-order valence-electron chi connectivity index (χ4n) is 4.30. The standard InChI is InChI=1S/C25H34FO2Si/c1-3-28-23-10-11-24(25(26)19-23)22-8-6-21(7-9-22)14-18-29-16-12-20(13-17-29)5-4-15-27-2/h6-11,19-20H,3-5,12-18H2,1-2H3. The molecule has 1 radical (unpaired) electrons. The SMILES string of the molecule is CCOc1ccc(-c2ccc(CC[Si]3CCC(CCCOC)CC3)cc2)c(F)c1. The highest BCUT2D eigenvalue weighted by Gasteiger charge is 2.22. The zero-order valence-corrected chi connectivity index (χ0v) is 18.9. The molecule has 0 aliphatic carbocycles. The average Bonchev–Trinajstić information content (AvgIpc) is 2.74. The second kappa shape index (κ2) is 11.5. The smallest absolute Gasteiger partial charge is 0.134 e. The molecule has 0 bridgehead atoms. The predicted octanol–water partition coefficient (Wildman–Crippen LogP) is 6.77. The van der Waals surface area contributed by atoms with Crippen LogP contribution >= 0.6 is 0 Å². The van der Waals surface area contributed by atoms with E-state index in [4.69, 9.17) is 9.47 Å². The minimum Gasteiger partial charge on any atom is -0.494 e. The van der Waals surface area contributed by atoms with Crippen LogP contribution in [0, 0.1) is 11.7 Å². The monoisotopic (exact) mass is 413 g/mol. The van der Waals surface area contributed by atoms with Crippen LogP contribution in [0.4, 0.5) is 4.39 Å². The van der Waals surface area contributed by atoms with E-state index in [2.05, 4.69) is 24.3 Å². The average molecular weight is 414 g/mol. The van der Waals surface area contributed by atoms with Crippen molar-refractivity contribution < 1.29 is 13.9 Å². The van der Waals surface area contributed by atoms with Gasteiger partial charge in [0.25, 0.3) is 0 Å². The molecular formula is C25H34FO2Si. The topological polar surface area (TPSA) is 18.5 Å². The Morgan fingerprint density at radius 3 is 2.48 bits per heavy atom. The maximum Gasteiger partial charge on any atom is 0.134 e. The molecule has 0 atom stereocenters. The van der Waals surface area contributed by atoms with Crippen molar-refractivity contribution in [2.75, 3.05) is 20.3 Å². The molecule has 2 nitrogen and oxygen atoms in total. The Morgan fingerprint density at radius 1 is 1.07 bits per heavy atom. The number of ether oxygens (including phenoxy) is 2. The van der Waals surface area contributed by atoms with Crippen LogP contribution in [0.2, 0.25) is 18.1 Å². The van der Waals surface area contributed by atoms with E-state index < -0.39 is 0 Å². The normalized spacial score (nSPS) is 15.6. The third-order valence-electron chi connectivity index (χ3n) is 6.06. The van der Waals surface area contributed by atoms with E-state index in [1.807, 2.05) is 19.1 Å². The lowest BCUT2D eigenvalue weighted by atomic mass is 9.97. The number of benzene rings is 2. The molecule has 29 heavy (non-hydrogen) atoms. The Balaban J connectivity index is 1.47. The Hall–Kier alpha value is -1.65. The molecule has 1 aliphatic heterocycles. The van der Waals surface area contributed by atoms with E-state index in [-0.39, 0.29) is 14.6 Å². The molecule has 1 heterocycles. The van der Waals surface area contributed by atoms with Crippen molar-refractivity contribution in [3.05, 3.63) is 53.8 Å². The van der Waals surface area contributed by atoms with Crippen molar-refractivity contribution in [1.82, 2.24) is 0 Å². The van der Waals surface area contributed by atoms with Gasteiger partial charge in [-0.05, 0) is 55.4 Å². The van der Waals surface area contributed by atoms with Gasteiger partial charge in [-0.2, -0.15) is 0 Å². The van der Waals surface area contributed by atoms with Gasteiger partial charge in [0.05, 0.1) is 6.61 Å². The summed E-state index contributed by atoms with van der Waals surface area (Å²) in [5, 5.41) is 0. The van der Waals surface area contributed by atoms with E-state index in [0.717, 1.165) is 24.5 Å². The highest BCUT2D eigenvalue weighted by Crippen LogP contribution is 2.31. The molecule has 0 aromatic heterocycles. The number of hydrogen-bond donors (Lipinski definition) is 0. The van der Waals surface area contributed by atoms with Gasteiger partial charge in [-0.3, -0.25) is 0 Å². The summed E-state index contributed by atoms with van der Waals surface area (Å²) in [4.78, 5) is 0. The highest BCUT2D eigenvalue weighted by molar-refractivity contribution is 6.59. The lowest BCUT2D eigenvalue weighted by molar-refractivity contribution is 0.185. The molecule has 0 saturated carbocycles. The quantitative estimate of drug-likeness (QED) is 0.316. The zero-order valence-electron chi connectivity index (χ0n) is 17.9. The summed E-state index contributed by atoms with van der Waals surface area (Å²) >= 11 is 0. The third-order valence-corrected chi connectivity index (χ3v) is 9.01. The summed E-state index contributed by atoms with van der Waals surface area (Å²) < 4.78 is 25.0. The van der Waals surface area contributed by atoms with Crippen molar-refractivity contribution in [3.8, 4) is 16.9 Å². The minimum atomic E-state index is -0.226. The predicted molar refractivity (Wildman–Crippen MR) is 121 cm³/mol. The summed E-state index contributed by atoms with van der Waals surface area (Å²) in [6.07, 6.45) is 6.56. The van der Waals surface area contributed by atoms with Gasteiger partial charge in [-0.15, -0.1) is 0 Å². The van der Waals surface area contributed by atoms with Crippen molar-refractivity contribution in [2.24, 2.45) is 5.92 Å². The number of methoxy groups -OCH3 is 1. The van der Waals surface area contributed by atoms with Gasteiger partial charge in [0.2, 0.25) is 0 Å². The molecule has 2 aromatic rings.